The predicted molar refractivity (Wildman–Crippen MR) is 76.2 cm³/mol. The highest BCUT2D eigenvalue weighted by atomic mass is 19.1. The fourth-order valence-corrected chi connectivity index (χ4v) is 1.92. The van der Waals surface area contributed by atoms with E-state index in [0.29, 0.717) is 12.1 Å². The molecule has 0 aliphatic heterocycles. The van der Waals surface area contributed by atoms with Gasteiger partial charge in [0.2, 0.25) is 0 Å². The van der Waals surface area contributed by atoms with Crippen LogP contribution in [-0.2, 0) is 6.54 Å². The van der Waals surface area contributed by atoms with Gasteiger partial charge in [0.25, 0.3) is 0 Å². The Balaban J connectivity index is 2.31. The molecule has 2 rings (SSSR count). The molecule has 0 amide bonds. The van der Waals surface area contributed by atoms with E-state index < -0.39 is 0 Å². The highest BCUT2D eigenvalue weighted by Gasteiger charge is 2.17. The number of aromatic amines is 1. The Kier molecular flexibility index (Phi) is 3.35. The second kappa shape index (κ2) is 4.68. The monoisotopic (exact) mass is 261 g/mol. The van der Waals surface area contributed by atoms with Crippen molar-refractivity contribution in [2.24, 2.45) is 5.41 Å². The fourth-order valence-electron chi connectivity index (χ4n) is 1.92. The molecule has 0 radical (unpaired) electrons. The third-order valence-electron chi connectivity index (χ3n) is 3.33. The third kappa shape index (κ3) is 2.62. The molecule has 1 aromatic carbocycles. The summed E-state index contributed by atoms with van der Waals surface area (Å²) >= 11 is 0. The van der Waals surface area contributed by atoms with Crippen LogP contribution in [0.5, 0.6) is 0 Å². The standard InChI is InChI=1S/C15H20FN3/c1-9-6-12(16)11(14-13(9)18-8-19-14)7-17-10(2)15(3,4)5/h6,8,17H,2,7H2,1,3-5H3,(H,18,19). The molecule has 19 heavy (non-hydrogen) atoms. The molecule has 2 N–H and O–H groups in total. The number of benzene rings is 1. The van der Waals surface area contributed by atoms with Crippen molar-refractivity contribution < 1.29 is 4.39 Å². The average Bonchev–Trinajstić information content (AvgIpc) is 2.76. The molecule has 1 aromatic heterocycles. The predicted octanol–water partition coefficient (Wildman–Crippen LogP) is 3.66. The Morgan fingerprint density at radius 1 is 1.47 bits per heavy atom. The Morgan fingerprint density at radius 2 is 2.16 bits per heavy atom. The van der Waals surface area contributed by atoms with Crippen molar-refractivity contribution in [1.29, 1.82) is 0 Å². The molecule has 4 heteroatoms. The number of hydrogen-bond donors (Lipinski definition) is 2. The number of aromatic nitrogens is 2. The SMILES string of the molecule is C=C(NCc1c(F)cc(C)c2nc[nH]c12)C(C)(C)C. The second-order valence-corrected chi connectivity index (χ2v) is 5.86. The third-order valence-corrected chi connectivity index (χ3v) is 3.33. The van der Waals surface area contributed by atoms with E-state index in [1.165, 1.54) is 6.07 Å². The molecular formula is C15H20FN3. The lowest BCUT2D eigenvalue weighted by Gasteiger charge is -2.23. The Labute approximate surface area is 112 Å². The molecular weight excluding hydrogens is 241 g/mol. The number of nitrogens with zero attached hydrogens (tertiary/aromatic N) is 1. The number of aryl methyl sites for hydroxylation is 1. The summed E-state index contributed by atoms with van der Waals surface area (Å²) in [4.78, 5) is 7.23. The molecule has 2 aromatic rings. The number of fused-ring (bicyclic) bond motifs is 1. The number of imidazole rings is 1. The fraction of sp³-hybridized carbons (Fsp3) is 0.400. The lowest BCUT2D eigenvalue weighted by Crippen LogP contribution is -2.23. The summed E-state index contributed by atoms with van der Waals surface area (Å²) in [7, 11) is 0. The second-order valence-electron chi connectivity index (χ2n) is 5.86. The van der Waals surface area contributed by atoms with Crippen LogP contribution in [-0.4, -0.2) is 9.97 Å². The first-order valence-electron chi connectivity index (χ1n) is 6.35. The molecule has 0 aliphatic carbocycles. The van der Waals surface area contributed by atoms with Crippen molar-refractivity contribution in [3.8, 4) is 0 Å². The largest absolute Gasteiger partial charge is 0.384 e. The summed E-state index contributed by atoms with van der Waals surface area (Å²) in [5.74, 6) is -0.219. The van der Waals surface area contributed by atoms with E-state index >= 15 is 0 Å². The van der Waals surface area contributed by atoms with Crippen LogP contribution in [0, 0.1) is 18.2 Å². The Morgan fingerprint density at radius 3 is 2.79 bits per heavy atom. The minimum atomic E-state index is -0.219. The number of halogens is 1. The molecule has 0 atom stereocenters. The number of allylic oxidation sites excluding steroid dienone is 1. The van der Waals surface area contributed by atoms with Gasteiger partial charge in [-0.1, -0.05) is 27.4 Å². The van der Waals surface area contributed by atoms with Crippen LogP contribution in [0.1, 0.15) is 31.9 Å². The zero-order valence-corrected chi connectivity index (χ0v) is 11.9. The minimum absolute atomic E-state index is 0.0473. The van der Waals surface area contributed by atoms with E-state index in [4.69, 9.17) is 0 Å². The Bertz CT molecular complexity index is 620. The van der Waals surface area contributed by atoms with E-state index in [-0.39, 0.29) is 11.2 Å². The van der Waals surface area contributed by atoms with Gasteiger partial charge < -0.3 is 10.3 Å². The maximum Gasteiger partial charge on any atom is 0.130 e. The van der Waals surface area contributed by atoms with Crippen molar-refractivity contribution in [3.05, 3.63) is 41.6 Å². The highest BCUT2D eigenvalue weighted by Crippen LogP contribution is 2.25. The van der Waals surface area contributed by atoms with Crippen molar-refractivity contribution in [2.75, 3.05) is 0 Å². The number of hydrogen-bond acceptors (Lipinski definition) is 2. The molecule has 0 spiro atoms. The number of nitrogens with one attached hydrogen (secondary N) is 2. The lowest BCUT2D eigenvalue weighted by molar-refractivity contribution is 0.459. The first-order valence-corrected chi connectivity index (χ1v) is 6.35. The summed E-state index contributed by atoms with van der Waals surface area (Å²) in [6.45, 7) is 12.5. The summed E-state index contributed by atoms with van der Waals surface area (Å²) in [6, 6.07) is 1.53. The summed E-state index contributed by atoms with van der Waals surface area (Å²) in [5.41, 5.74) is 3.86. The minimum Gasteiger partial charge on any atom is -0.384 e. The van der Waals surface area contributed by atoms with Gasteiger partial charge in [-0.3, -0.25) is 0 Å². The van der Waals surface area contributed by atoms with Gasteiger partial charge in [0.15, 0.2) is 0 Å². The molecule has 1 heterocycles. The van der Waals surface area contributed by atoms with E-state index in [9.17, 15) is 4.39 Å². The van der Waals surface area contributed by atoms with Gasteiger partial charge in [-0.2, -0.15) is 0 Å². The van der Waals surface area contributed by atoms with Crippen LogP contribution < -0.4 is 5.32 Å². The van der Waals surface area contributed by atoms with Crippen molar-refractivity contribution in [2.45, 2.75) is 34.2 Å². The van der Waals surface area contributed by atoms with Gasteiger partial charge in [0, 0.05) is 23.2 Å². The number of H-pyrrole nitrogens is 1. The first kappa shape index (κ1) is 13.6. The number of rotatable bonds is 3. The summed E-state index contributed by atoms with van der Waals surface area (Å²) in [5, 5.41) is 3.20. The molecule has 3 nitrogen and oxygen atoms in total. The van der Waals surface area contributed by atoms with E-state index in [1.807, 2.05) is 6.92 Å². The van der Waals surface area contributed by atoms with Gasteiger partial charge in [0.05, 0.1) is 17.4 Å². The molecule has 102 valence electrons. The molecule has 0 bridgehead atoms. The van der Waals surface area contributed by atoms with Crippen molar-refractivity contribution in [3.63, 3.8) is 0 Å². The highest BCUT2D eigenvalue weighted by molar-refractivity contribution is 5.81. The van der Waals surface area contributed by atoms with Crippen LogP contribution in [0.2, 0.25) is 0 Å². The maximum absolute atomic E-state index is 14.1. The molecule has 0 unspecified atom stereocenters. The van der Waals surface area contributed by atoms with E-state index in [1.54, 1.807) is 6.33 Å². The van der Waals surface area contributed by atoms with Crippen molar-refractivity contribution >= 4 is 11.0 Å². The van der Waals surface area contributed by atoms with Crippen molar-refractivity contribution in [1.82, 2.24) is 15.3 Å². The van der Waals surface area contributed by atoms with Gasteiger partial charge in [-0.05, 0) is 18.6 Å². The molecule has 0 aliphatic rings. The smallest absolute Gasteiger partial charge is 0.130 e. The normalized spacial score (nSPS) is 11.8. The van der Waals surface area contributed by atoms with Crippen LogP contribution >= 0.6 is 0 Å². The van der Waals surface area contributed by atoms with E-state index in [0.717, 1.165) is 22.3 Å². The zero-order valence-electron chi connectivity index (χ0n) is 11.9. The Hall–Kier alpha value is -1.84. The first-order chi connectivity index (χ1) is 8.80. The topological polar surface area (TPSA) is 40.7 Å². The average molecular weight is 261 g/mol. The van der Waals surface area contributed by atoms with Crippen LogP contribution in [0.3, 0.4) is 0 Å². The molecule has 0 fully saturated rings. The quantitative estimate of drug-likeness (QED) is 0.885. The van der Waals surface area contributed by atoms with Crippen LogP contribution in [0.4, 0.5) is 4.39 Å². The summed E-state index contributed by atoms with van der Waals surface area (Å²) in [6.07, 6.45) is 1.60. The molecule has 0 saturated carbocycles. The zero-order chi connectivity index (χ0) is 14.2. The van der Waals surface area contributed by atoms with Gasteiger partial charge in [0.1, 0.15) is 5.82 Å². The van der Waals surface area contributed by atoms with E-state index in [2.05, 4.69) is 42.6 Å². The van der Waals surface area contributed by atoms with Crippen LogP contribution in [0.15, 0.2) is 24.7 Å². The molecule has 0 saturated heterocycles. The summed E-state index contributed by atoms with van der Waals surface area (Å²) < 4.78 is 14.1. The van der Waals surface area contributed by atoms with Crippen LogP contribution in [0.25, 0.3) is 11.0 Å². The van der Waals surface area contributed by atoms with Gasteiger partial charge in [-0.25, -0.2) is 9.37 Å². The maximum atomic E-state index is 14.1. The lowest BCUT2D eigenvalue weighted by atomic mass is 9.93. The van der Waals surface area contributed by atoms with Gasteiger partial charge >= 0.3 is 0 Å². The van der Waals surface area contributed by atoms with Gasteiger partial charge in [-0.15, -0.1) is 0 Å².